The van der Waals surface area contributed by atoms with E-state index in [0.29, 0.717) is 19.4 Å². The van der Waals surface area contributed by atoms with E-state index in [9.17, 15) is 9.59 Å². The Morgan fingerprint density at radius 1 is 1.36 bits per heavy atom. The molecule has 0 bridgehead atoms. The van der Waals surface area contributed by atoms with Crippen molar-refractivity contribution in [1.29, 1.82) is 0 Å². The van der Waals surface area contributed by atoms with Gasteiger partial charge in [0.1, 0.15) is 5.60 Å². The lowest BCUT2D eigenvalue weighted by atomic mass is 9.95. The zero-order chi connectivity index (χ0) is 18.7. The number of aromatic nitrogens is 1. The van der Waals surface area contributed by atoms with Gasteiger partial charge in [-0.05, 0) is 59.6 Å². The fourth-order valence-electron chi connectivity index (χ4n) is 3.03. The molecule has 0 spiro atoms. The van der Waals surface area contributed by atoms with Crippen LogP contribution in [0.15, 0.2) is 24.4 Å². The summed E-state index contributed by atoms with van der Waals surface area (Å²) < 4.78 is 5.48. The van der Waals surface area contributed by atoms with E-state index in [1.54, 1.807) is 11.1 Å². The van der Waals surface area contributed by atoms with Gasteiger partial charge >= 0.3 is 6.09 Å². The normalized spacial score (nSPS) is 19.6. The highest BCUT2D eigenvalue weighted by Gasteiger charge is 2.45. The second-order valence-electron chi connectivity index (χ2n) is 8.02. The van der Waals surface area contributed by atoms with Gasteiger partial charge in [-0.1, -0.05) is 6.07 Å². The summed E-state index contributed by atoms with van der Waals surface area (Å²) >= 11 is 0. The number of hydrogen-bond donors (Lipinski definition) is 1. The van der Waals surface area contributed by atoms with Crippen LogP contribution >= 0.6 is 0 Å². The maximum atomic E-state index is 12.4. The van der Waals surface area contributed by atoms with Gasteiger partial charge in [-0.25, -0.2) is 4.79 Å². The zero-order valence-corrected chi connectivity index (χ0v) is 15.8. The number of ether oxygens (including phenoxy) is 1. The number of nitrogens with one attached hydrogen (secondary N) is 1. The molecule has 0 aromatic carbocycles. The standard InChI is InChI=1S/C19H29N3O3/c1-18(2,3)25-17(24)22-13-11-15(19(22,4)5)21-16(23)10-9-14-8-6-7-12-20-14/h6-8,12,15H,9-11,13H2,1-5H3,(H,21,23)/t15-/m1/s1. The molecule has 0 radical (unpaired) electrons. The van der Waals surface area contributed by atoms with Crippen molar-refractivity contribution in [3.05, 3.63) is 30.1 Å². The fourth-order valence-corrected chi connectivity index (χ4v) is 3.03. The van der Waals surface area contributed by atoms with Gasteiger partial charge in [0.25, 0.3) is 0 Å². The first-order valence-electron chi connectivity index (χ1n) is 8.79. The lowest BCUT2D eigenvalue weighted by Crippen LogP contribution is -2.54. The number of rotatable bonds is 4. The Morgan fingerprint density at radius 3 is 2.68 bits per heavy atom. The lowest BCUT2D eigenvalue weighted by Gasteiger charge is -2.37. The summed E-state index contributed by atoms with van der Waals surface area (Å²) in [6.07, 6.45) is 3.11. The van der Waals surface area contributed by atoms with Crippen LogP contribution in [-0.4, -0.2) is 45.6 Å². The van der Waals surface area contributed by atoms with Crippen LogP contribution in [0, 0.1) is 0 Å². The van der Waals surface area contributed by atoms with Crippen LogP contribution in [0.4, 0.5) is 4.79 Å². The van der Waals surface area contributed by atoms with E-state index < -0.39 is 11.1 Å². The van der Waals surface area contributed by atoms with Crippen molar-refractivity contribution in [3.8, 4) is 0 Å². The third-order valence-corrected chi connectivity index (χ3v) is 4.47. The van der Waals surface area contributed by atoms with Crippen molar-refractivity contribution in [2.24, 2.45) is 0 Å². The van der Waals surface area contributed by atoms with Gasteiger partial charge in [-0.3, -0.25) is 9.78 Å². The van der Waals surface area contributed by atoms with Crippen molar-refractivity contribution in [2.45, 2.75) is 71.1 Å². The van der Waals surface area contributed by atoms with E-state index in [1.807, 2.05) is 52.8 Å². The van der Waals surface area contributed by atoms with Crippen LogP contribution in [0.1, 0.15) is 53.2 Å². The highest BCUT2D eigenvalue weighted by Crippen LogP contribution is 2.30. The molecule has 0 saturated carbocycles. The fraction of sp³-hybridized carbons (Fsp3) is 0.632. The summed E-state index contributed by atoms with van der Waals surface area (Å²) in [5.74, 6) is -0.0187. The van der Waals surface area contributed by atoms with Crippen molar-refractivity contribution in [3.63, 3.8) is 0 Å². The largest absolute Gasteiger partial charge is 0.444 e. The minimum atomic E-state index is -0.531. The summed E-state index contributed by atoms with van der Waals surface area (Å²) in [5.41, 5.74) is -0.112. The molecule has 25 heavy (non-hydrogen) atoms. The first-order valence-corrected chi connectivity index (χ1v) is 8.79. The minimum Gasteiger partial charge on any atom is -0.444 e. The van der Waals surface area contributed by atoms with Crippen molar-refractivity contribution >= 4 is 12.0 Å². The Morgan fingerprint density at radius 2 is 2.08 bits per heavy atom. The molecule has 138 valence electrons. The zero-order valence-electron chi connectivity index (χ0n) is 15.8. The lowest BCUT2D eigenvalue weighted by molar-refractivity contribution is -0.122. The van der Waals surface area contributed by atoms with Crippen LogP contribution < -0.4 is 5.32 Å². The minimum absolute atomic E-state index is 0.0187. The third-order valence-electron chi connectivity index (χ3n) is 4.47. The molecule has 1 N–H and O–H groups in total. The van der Waals surface area contributed by atoms with E-state index in [1.165, 1.54) is 0 Å². The molecule has 1 atom stereocenters. The topological polar surface area (TPSA) is 71.5 Å². The molecule has 6 heteroatoms. The third kappa shape index (κ3) is 5.18. The number of likely N-dealkylation sites (tertiary alicyclic amines) is 1. The van der Waals surface area contributed by atoms with Crippen molar-refractivity contribution in [1.82, 2.24) is 15.2 Å². The Bertz CT molecular complexity index is 608. The van der Waals surface area contributed by atoms with Gasteiger partial charge in [-0.2, -0.15) is 0 Å². The van der Waals surface area contributed by atoms with Gasteiger partial charge in [0.2, 0.25) is 5.91 Å². The number of carbonyl (C=O) groups excluding carboxylic acids is 2. The number of amides is 2. The molecule has 0 unspecified atom stereocenters. The molecular formula is C19H29N3O3. The number of pyridine rings is 1. The number of hydrogen-bond acceptors (Lipinski definition) is 4. The molecule has 2 amide bonds. The molecule has 0 aliphatic carbocycles. The highest BCUT2D eigenvalue weighted by atomic mass is 16.6. The molecule has 1 saturated heterocycles. The van der Waals surface area contributed by atoms with Gasteiger partial charge in [-0.15, -0.1) is 0 Å². The summed E-state index contributed by atoms with van der Waals surface area (Å²) in [7, 11) is 0. The average Bonchev–Trinajstić information content (AvgIpc) is 2.79. The highest BCUT2D eigenvalue weighted by molar-refractivity contribution is 5.77. The molecule has 1 aliphatic rings. The van der Waals surface area contributed by atoms with Gasteiger partial charge < -0.3 is 15.0 Å². The first-order chi connectivity index (χ1) is 11.6. The summed E-state index contributed by atoms with van der Waals surface area (Å²) in [6, 6.07) is 5.60. The molecule has 1 fully saturated rings. The molecule has 1 aromatic heterocycles. The summed E-state index contributed by atoms with van der Waals surface area (Å²) in [5, 5.41) is 3.07. The Kier molecular flexibility index (Phi) is 5.70. The number of aryl methyl sites for hydroxylation is 1. The molecule has 6 nitrogen and oxygen atoms in total. The van der Waals surface area contributed by atoms with E-state index in [4.69, 9.17) is 4.74 Å². The predicted molar refractivity (Wildman–Crippen MR) is 96.1 cm³/mol. The maximum Gasteiger partial charge on any atom is 0.410 e. The van der Waals surface area contributed by atoms with Crippen LogP contribution in [-0.2, 0) is 16.0 Å². The average molecular weight is 347 g/mol. The van der Waals surface area contributed by atoms with Crippen LogP contribution in [0.25, 0.3) is 0 Å². The predicted octanol–water partition coefficient (Wildman–Crippen LogP) is 2.92. The molecular weight excluding hydrogens is 318 g/mol. The summed E-state index contributed by atoms with van der Waals surface area (Å²) in [4.78, 5) is 30.6. The van der Waals surface area contributed by atoms with Crippen molar-refractivity contribution in [2.75, 3.05) is 6.54 Å². The molecule has 1 aromatic rings. The van der Waals surface area contributed by atoms with Crippen LogP contribution in [0.2, 0.25) is 0 Å². The SMILES string of the molecule is CC(C)(C)OC(=O)N1CC[C@@H](NC(=O)CCc2ccccn2)C1(C)C. The van der Waals surface area contributed by atoms with Gasteiger partial charge in [0, 0.05) is 24.9 Å². The Labute approximate surface area is 150 Å². The molecule has 2 heterocycles. The van der Waals surface area contributed by atoms with Crippen LogP contribution in [0.5, 0.6) is 0 Å². The Balaban J connectivity index is 1.90. The smallest absolute Gasteiger partial charge is 0.410 e. The summed E-state index contributed by atoms with van der Waals surface area (Å²) in [6.45, 7) is 10.1. The second kappa shape index (κ2) is 7.42. The quantitative estimate of drug-likeness (QED) is 0.909. The molecule has 2 rings (SSSR count). The number of carbonyl (C=O) groups is 2. The van der Waals surface area contributed by atoms with E-state index >= 15 is 0 Å². The maximum absolute atomic E-state index is 12.4. The van der Waals surface area contributed by atoms with Crippen LogP contribution in [0.3, 0.4) is 0 Å². The number of nitrogens with zero attached hydrogens (tertiary/aromatic N) is 2. The second-order valence-corrected chi connectivity index (χ2v) is 8.02. The first kappa shape index (κ1) is 19.2. The van der Waals surface area contributed by atoms with E-state index in [-0.39, 0.29) is 18.0 Å². The van der Waals surface area contributed by atoms with E-state index in [0.717, 1.165) is 12.1 Å². The van der Waals surface area contributed by atoms with Gasteiger partial charge in [0.15, 0.2) is 0 Å². The monoisotopic (exact) mass is 347 g/mol. The van der Waals surface area contributed by atoms with Crippen molar-refractivity contribution < 1.29 is 14.3 Å². The van der Waals surface area contributed by atoms with E-state index in [2.05, 4.69) is 10.3 Å². The Hall–Kier alpha value is -2.11. The van der Waals surface area contributed by atoms with Gasteiger partial charge in [0.05, 0.1) is 11.6 Å². The molecule has 1 aliphatic heterocycles.